The van der Waals surface area contributed by atoms with E-state index in [-0.39, 0.29) is 23.4 Å². The zero-order valence-electron chi connectivity index (χ0n) is 11.0. The molecule has 0 aliphatic carbocycles. The number of piperidine rings is 1. The van der Waals surface area contributed by atoms with Crippen molar-refractivity contribution in [2.75, 3.05) is 11.9 Å². The van der Waals surface area contributed by atoms with Crippen molar-refractivity contribution in [3.8, 4) is 0 Å². The third-order valence-electron chi connectivity index (χ3n) is 3.40. The third kappa shape index (κ3) is 2.93. The van der Waals surface area contributed by atoms with E-state index in [0.29, 0.717) is 30.6 Å². The summed E-state index contributed by atoms with van der Waals surface area (Å²) in [6, 6.07) is 4.55. The van der Waals surface area contributed by atoms with Crippen LogP contribution < -0.4 is 10.6 Å². The Bertz CT molecular complexity index is 561. The Morgan fingerprint density at radius 3 is 2.85 bits per heavy atom. The molecule has 1 saturated heterocycles. The van der Waals surface area contributed by atoms with E-state index < -0.39 is 4.92 Å². The minimum Gasteiger partial charge on any atom is -0.355 e. The molecule has 106 valence electrons. The van der Waals surface area contributed by atoms with Crippen molar-refractivity contribution in [1.82, 2.24) is 5.32 Å². The Morgan fingerprint density at radius 2 is 2.25 bits per heavy atom. The Hall–Kier alpha value is -2.44. The molecule has 1 heterocycles. The largest absolute Gasteiger partial charge is 0.355 e. The molecule has 0 spiro atoms. The van der Waals surface area contributed by atoms with Gasteiger partial charge in [0.05, 0.1) is 22.1 Å². The summed E-state index contributed by atoms with van der Waals surface area (Å²) in [5, 5.41) is 16.2. The Morgan fingerprint density at radius 1 is 1.50 bits per heavy atom. The van der Waals surface area contributed by atoms with Gasteiger partial charge < -0.3 is 10.6 Å². The minimum absolute atomic E-state index is 0.0280. The molecular formula is C13H15N3O4. The van der Waals surface area contributed by atoms with Gasteiger partial charge in [0.25, 0.3) is 5.69 Å². The molecule has 7 nitrogen and oxygen atoms in total. The van der Waals surface area contributed by atoms with Crippen LogP contribution in [0.25, 0.3) is 0 Å². The van der Waals surface area contributed by atoms with E-state index in [2.05, 4.69) is 10.6 Å². The highest BCUT2D eigenvalue weighted by atomic mass is 16.6. The number of benzene rings is 1. The molecule has 1 atom stereocenters. The van der Waals surface area contributed by atoms with Crippen LogP contribution in [-0.4, -0.2) is 23.3 Å². The molecule has 0 radical (unpaired) electrons. The average molecular weight is 277 g/mol. The lowest BCUT2D eigenvalue weighted by atomic mass is 9.98. The van der Waals surface area contributed by atoms with Gasteiger partial charge in [-0.2, -0.15) is 0 Å². The second-order valence-electron chi connectivity index (χ2n) is 4.74. The number of hydrogen-bond acceptors (Lipinski definition) is 4. The fourth-order valence-electron chi connectivity index (χ4n) is 2.15. The molecule has 0 saturated carbocycles. The maximum Gasteiger partial charge on any atom is 0.274 e. The maximum atomic E-state index is 12.1. The number of nitrogens with zero attached hydrogens (tertiary/aromatic N) is 1. The summed E-state index contributed by atoms with van der Waals surface area (Å²) >= 11 is 0. The summed E-state index contributed by atoms with van der Waals surface area (Å²) in [5.74, 6) is -0.583. The summed E-state index contributed by atoms with van der Waals surface area (Å²) in [5.41, 5.74) is 0.826. The molecule has 20 heavy (non-hydrogen) atoms. The molecule has 1 aliphatic rings. The van der Waals surface area contributed by atoms with Crippen LogP contribution in [0.15, 0.2) is 18.2 Å². The van der Waals surface area contributed by atoms with Gasteiger partial charge in [-0.1, -0.05) is 6.07 Å². The summed E-state index contributed by atoms with van der Waals surface area (Å²) in [6.45, 7) is 1.90. The molecule has 1 unspecified atom stereocenters. The minimum atomic E-state index is -0.480. The van der Waals surface area contributed by atoms with Gasteiger partial charge >= 0.3 is 0 Å². The normalized spacial score (nSPS) is 18.2. The molecule has 0 aromatic heterocycles. The highest BCUT2D eigenvalue weighted by Gasteiger charge is 2.25. The lowest BCUT2D eigenvalue weighted by Gasteiger charge is -2.21. The Kier molecular flexibility index (Phi) is 3.97. The topological polar surface area (TPSA) is 101 Å². The first-order chi connectivity index (χ1) is 9.49. The zero-order valence-corrected chi connectivity index (χ0v) is 11.0. The van der Waals surface area contributed by atoms with Gasteiger partial charge in [0.2, 0.25) is 11.8 Å². The number of anilines is 1. The number of carbonyl (C=O) groups excluding carboxylic acids is 2. The standard InChI is InChI=1S/C13H15N3O4/c1-8-10(3-2-4-11(8)16(19)20)15-13(18)9-5-6-12(17)14-7-9/h2-4,9H,5-7H2,1H3,(H,14,17)(H,15,18). The van der Waals surface area contributed by atoms with Gasteiger partial charge in [-0.05, 0) is 19.4 Å². The van der Waals surface area contributed by atoms with E-state index in [4.69, 9.17) is 0 Å². The molecule has 2 rings (SSSR count). The maximum absolute atomic E-state index is 12.1. The Labute approximate surface area is 115 Å². The zero-order chi connectivity index (χ0) is 14.7. The molecule has 0 bridgehead atoms. The fraction of sp³-hybridized carbons (Fsp3) is 0.385. The molecular weight excluding hydrogens is 262 g/mol. The molecule has 1 aromatic carbocycles. The van der Waals surface area contributed by atoms with Gasteiger partial charge in [0, 0.05) is 19.0 Å². The number of nitrogens with one attached hydrogen (secondary N) is 2. The average Bonchev–Trinajstić information content (AvgIpc) is 2.41. The quantitative estimate of drug-likeness (QED) is 0.643. The highest BCUT2D eigenvalue weighted by Crippen LogP contribution is 2.26. The lowest BCUT2D eigenvalue weighted by Crippen LogP contribution is -2.40. The third-order valence-corrected chi connectivity index (χ3v) is 3.40. The predicted molar refractivity (Wildman–Crippen MR) is 72.2 cm³/mol. The van der Waals surface area contributed by atoms with Gasteiger partial charge in [-0.15, -0.1) is 0 Å². The summed E-state index contributed by atoms with van der Waals surface area (Å²) < 4.78 is 0. The summed E-state index contributed by atoms with van der Waals surface area (Å²) in [6.07, 6.45) is 0.817. The van der Waals surface area contributed by atoms with Gasteiger partial charge in [0.1, 0.15) is 0 Å². The van der Waals surface area contributed by atoms with Crippen molar-refractivity contribution in [2.24, 2.45) is 5.92 Å². The van der Waals surface area contributed by atoms with Gasteiger partial charge in [-0.3, -0.25) is 19.7 Å². The van der Waals surface area contributed by atoms with Crippen LogP contribution in [0.5, 0.6) is 0 Å². The van der Waals surface area contributed by atoms with E-state index in [9.17, 15) is 19.7 Å². The van der Waals surface area contributed by atoms with Crippen LogP contribution in [0, 0.1) is 23.0 Å². The van der Waals surface area contributed by atoms with E-state index in [0.717, 1.165) is 0 Å². The second-order valence-corrected chi connectivity index (χ2v) is 4.74. The first-order valence-electron chi connectivity index (χ1n) is 6.30. The number of nitro benzene ring substituents is 1. The summed E-state index contributed by atoms with van der Waals surface area (Å²) in [4.78, 5) is 33.5. The van der Waals surface area contributed by atoms with Gasteiger partial charge in [-0.25, -0.2) is 0 Å². The molecule has 2 amide bonds. The number of hydrogen-bond donors (Lipinski definition) is 2. The SMILES string of the molecule is Cc1c(NC(=O)C2CCC(=O)NC2)cccc1[N+](=O)[O-]. The number of rotatable bonds is 3. The van der Waals surface area contributed by atoms with Crippen LogP contribution in [-0.2, 0) is 9.59 Å². The van der Waals surface area contributed by atoms with Crippen molar-refractivity contribution >= 4 is 23.2 Å². The number of carbonyl (C=O) groups is 2. The first-order valence-corrected chi connectivity index (χ1v) is 6.30. The molecule has 1 fully saturated rings. The van der Waals surface area contributed by atoms with Crippen molar-refractivity contribution in [3.05, 3.63) is 33.9 Å². The van der Waals surface area contributed by atoms with Crippen molar-refractivity contribution in [2.45, 2.75) is 19.8 Å². The molecule has 7 heteroatoms. The highest BCUT2D eigenvalue weighted by molar-refractivity contribution is 5.95. The van der Waals surface area contributed by atoms with E-state index in [1.807, 2.05) is 0 Å². The Balaban J connectivity index is 2.10. The molecule has 1 aliphatic heterocycles. The van der Waals surface area contributed by atoms with Gasteiger partial charge in [0.15, 0.2) is 0 Å². The van der Waals surface area contributed by atoms with E-state index in [1.165, 1.54) is 12.1 Å². The smallest absolute Gasteiger partial charge is 0.274 e. The van der Waals surface area contributed by atoms with Crippen molar-refractivity contribution < 1.29 is 14.5 Å². The monoisotopic (exact) mass is 277 g/mol. The fourth-order valence-corrected chi connectivity index (χ4v) is 2.15. The second kappa shape index (κ2) is 5.68. The van der Waals surface area contributed by atoms with Crippen LogP contribution in [0.2, 0.25) is 0 Å². The first kappa shape index (κ1) is 14.0. The molecule has 1 aromatic rings. The number of nitro groups is 1. The predicted octanol–water partition coefficient (Wildman–Crippen LogP) is 1.37. The lowest BCUT2D eigenvalue weighted by molar-refractivity contribution is -0.385. The van der Waals surface area contributed by atoms with E-state index >= 15 is 0 Å². The molecule has 2 N–H and O–H groups in total. The summed E-state index contributed by atoms with van der Waals surface area (Å²) in [7, 11) is 0. The number of amides is 2. The van der Waals surface area contributed by atoms with Crippen LogP contribution >= 0.6 is 0 Å². The van der Waals surface area contributed by atoms with Crippen LogP contribution in [0.4, 0.5) is 11.4 Å². The van der Waals surface area contributed by atoms with Crippen LogP contribution in [0.3, 0.4) is 0 Å². The van der Waals surface area contributed by atoms with Crippen LogP contribution in [0.1, 0.15) is 18.4 Å². The van der Waals surface area contributed by atoms with Crippen molar-refractivity contribution in [1.29, 1.82) is 0 Å². The van der Waals surface area contributed by atoms with Crippen molar-refractivity contribution in [3.63, 3.8) is 0 Å². The van der Waals surface area contributed by atoms with E-state index in [1.54, 1.807) is 13.0 Å².